The molecule has 28 heavy (non-hydrogen) atoms. The van der Waals surface area contributed by atoms with Gasteiger partial charge in [0.15, 0.2) is 5.96 Å². The summed E-state index contributed by atoms with van der Waals surface area (Å²) in [6.07, 6.45) is 1.09. The number of aromatic hydroxyl groups is 1. The smallest absolute Gasteiger partial charge is 0.225 e. The number of nitrogens with one attached hydrogen (secondary N) is 3. The number of carbonyl (C=O) groups excluding carboxylic acids is 1. The fourth-order valence-corrected chi connectivity index (χ4v) is 3.32. The van der Waals surface area contributed by atoms with E-state index in [9.17, 15) is 9.90 Å². The maximum atomic E-state index is 11.9. The number of phenols is 1. The Kier molecular flexibility index (Phi) is 6.37. The summed E-state index contributed by atoms with van der Waals surface area (Å²) in [4.78, 5) is 16.2. The van der Waals surface area contributed by atoms with Crippen LogP contribution in [0.1, 0.15) is 23.5 Å². The van der Waals surface area contributed by atoms with E-state index in [1.807, 2.05) is 36.4 Å². The molecule has 7 heteroatoms. The van der Waals surface area contributed by atoms with Gasteiger partial charge in [-0.15, -0.1) is 0 Å². The van der Waals surface area contributed by atoms with Gasteiger partial charge in [0.25, 0.3) is 0 Å². The van der Waals surface area contributed by atoms with Gasteiger partial charge in [0.2, 0.25) is 5.91 Å². The van der Waals surface area contributed by atoms with Crippen LogP contribution in [0.5, 0.6) is 11.5 Å². The van der Waals surface area contributed by atoms with Crippen molar-refractivity contribution in [2.45, 2.75) is 18.8 Å². The Hall–Kier alpha value is -3.22. The highest BCUT2D eigenvalue weighted by Crippen LogP contribution is 2.31. The number of guanidine groups is 1. The van der Waals surface area contributed by atoms with Gasteiger partial charge in [-0.3, -0.25) is 9.79 Å². The quantitative estimate of drug-likeness (QED) is 0.454. The fraction of sp³-hybridized carbons (Fsp3) is 0.333. The Morgan fingerprint density at radius 1 is 1.29 bits per heavy atom. The molecule has 0 saturated heterocycles. The zero-order valence-electron chi connectivity index (χ0n) is 16.2. The molecule has 0 aromatic heterocycles. The summed E-state index contributed by atoms with van der Waals surface area (Å²) in [6.45, 7) is 1.22. The summed E-state index contributed by atoms with van der Waals surface area (Å²) in [7, 11) is 3.28. The minimum atomic E-state index is 0.0310. The Labute approximate surface area is 164 Å². The molecule has 0 bridgehead atoms. The highest BCUT2D eigenvalue weighted by molar-refractivity contribution is 5.94. The maximum absolute atomic E-state index is 11.9. The van der Waals surface area contributed by atoms with Crippen LogP contribution >= 0.6 is 0 Å². The number of para-hydroxylation sites is 1. The zero-order chi connectivity index (χ0) is 19.9. The van der Waals surface area contributed by atoms with Gasteiger partial charge in [0.1, 0.15) is 11.5 Å². The van der Waals surface area contributed by atoms with Crippen LogP contribution in [0.3, 0.4) is 0 Å². The van der Waals surface area contributed by atoms with E-state index >= 15 is 0 Å². The summed E-state index contributed by atoms with van der Waals surface area (Å²) in [5, 5.41) is 19.5. The Morgan fingerprint density at radius 2 is 2.11 bits per heavy atom. The Balaban J connectivity index is 1.52. The number of hydrogen-bond acceptors (Lipinski definition) is 4. The molecule has 148 valence electrons. The third kappa shape index (κ3) is 4.73. The topological polar surface area (TPSA) is 95.0 Å². The standard InChI is InChI=1S/C21H26N4O3/c1-22-21(23-10-9-14-7-8-16(28-2)12-19(14)26)24-13-15-11-20(27)25-18-6-4-3-5-17(15)18/h3-8,12,15,26H,9-11,13H2,1-2H3,(H,25,27)(H2,22,23,24). The third-order valence-electron chi connectivity index (χ3n) is 4.83. The molecule has 0 fully saturated rings. The highest BCUT2D eigenvalue weighted by Gasteiger charge is 2.24. The first-order valence-corrected chi connectivity index (χ1v) is 9.30. The molecule has 1 heterocycles. The van der Waals surface area contributed by atoms with Gasteiger partial charge >= 0.3 is 0 Å². The average molecular weight is 382 g/mol. The molecular formula is C21H26N4O3. The van der Waals surface area contributed by atoms with E-state index in [2.05, 4.69) is 20.9 Å². The lowest BCUT2D eigenvalue weighted by Gasteiger charge is -2.26. The van der Waals surface area contributed by atoms with Crippen LogP contribution in [0.25, 0.3) is 0 Å². The van der Waals surface area contributed by atoms with Crippen molar-refractivity contribution in [3.63, 3.8) is 0 Å². The van der Waals surface area contributed by atoms with Gasteiger partial charge in [-0.05, 0) is 29.7 Å². The lowest BCUT2D eigenvalue weighted by Crippen LogP contribution is -2.41. The van der Waals surface area contributed by atoms with Crippen LogP contribution in [0, 0.1) is 0 Å². The second kappa shape index (κ2) is 9.12. The number of carbonyl (C=O) groups is 1. The number of benzene rings is 2. The van der Waals surface area contributed by atoms with Crippen molar-refractivity contribution in [1.29, 1.82) is 0 Å². The molecule has 7 nitrogen and oxygen atoms in total. The van der Waals surface area contributed by atoms with E-state index in [0.717, 1.165) is 16.8 Å². The Morgan fingerprint density at radius 3 is 2.86 bits per heavy atom. The second-order valence-electron chi connectivity index (χ2n) is 6.66. The first kappa shape index (κ1) is 19.5. The van der Waals surface area contributed by atoms with Crippen molar-refractivity contribution < 1.29 is 14.6 Å². The number of hydrogen-bond donors (Lipinski definition) is 4. The maximum Gasteiger partial charge on any atom is 0.225 e. The predicted molar refractivity (Wildman–Crippen MR) is 110 cm³/mol. The van der Waals surface area contributed by atoms with Crippen LogP contribution in [-0.4, -0.2) is 44.2 Å². The highest BCUT2D eigenvalue weighted by atomic mass is 16.5. The largest absolute Gasteiger partial charge is 0.508 e. The molecular weight excluding hydrogens is 356 g/mol. The second-order valence-corrected chi connectivity index (χ2v) is 6.66. The number of methoxy groups -OCH3 is 1. The first-order valence-electron chi connectivity index (χ1n) is 9.30. The number of amides is 1. The van der Waals surface area contributed by atoms with E-state index in [1.54, 1.807) is 20.2 Å². The number of fused-ring (bicyclic) bond motifs is 1. The molecule has 0 spiro atoms. The summed E-state index contributed by atoms with van der Waals surface area (Å²) in [5.74, 6) is 1.63. The van der Waals surface area contributed by atoms with Crippen molar-refractivity contribution >= 4 is 17.6 Å². The van der Waals surface area contributed by atoms with Crippen molar-refractivity contribution in [2.75, 3.05) is 32.6 Å². The van der Waals surface area contributed by atoms with Crippen molar-refractivity contribution in [2.24, 2.45) is 4.99 Å². The fourth-order valence-electron chi connectivity index (χ4n) is 3.32. The number of nitrogens with zero attached hydrogens (tertiary/aromatic N) is 1. The SMILES string of the molecule is CN=C(NCCc1ccc(OC)cc1O)NCC1CC(=O)Nc2ccccc21. The average Bonchev–Trinajstić information content (AvgIpc) is 2.71. The lowest BCUT2D eigenvalue weighted by molar-refractivity contribution is -0.116. The molecule has 0 radical (unpaired) electrons. The summed E-state index contributed by atoms with van der Waals surface area (Å²) in [6, 6.07) is 13.2. The molecule has 1 amide bonds. The molecule has 0 aliphatic carbocycles. The van der Waals surface area contributed by atoms with Gasteiger partial charge in [0.05, 0.1) is 7.11 Å². The number of rotatable bonds is 6. The molecule has 3 rings (SSSR count). The predicted octanol–water partition coefficient (Wildman–Crippen LogP) is 2.23. The monoisotopic (exact) mass is 382 g/mol. The van der Waals surface area contributed by atoms with E-state index < -0.39 is 0 Å². The minimum absolute atomic E-state index is 0.0310. The first-order chi connectivity index (χ1) is 13.6. The van der Waals surface area contributed by atoms with Gasteiger partial charge in [-0.1, -0.05) is 24.3 Å². The number of ether oxygens (including phenoxy) is 1. The third-order valence-corrected chi connectivity index (χ3v) is 4.83. The zero-order valence-corrected chi connectivity index (χ0v) is 16.2. The summed E-state index contributed by atoms with van der Waals surface area (Å²) < 4.78 is 5.10. The Bertz CT molecular complexity index is 866. The van der Waals surface area contributed by atoms with Crippen LogP contribution in [-0.2, 0) is 11.2 Å². The van der Waals surface area contributed by atoms with E-state index in [0.29, 0.717) is 37.6 Å². The molecule has 0 saturated carbocycles. The molecule has 4 N–H and O–H groups in total. The minimum Gasteiger partial charge on any atom is -0.508 e. The molecule has 1 unspecified atom stereocenters. The van der Waals surface area contributed by atoms with E-state index in [-0.39, 0.29) is 17.6 Å². The van der Waals surface area contributed by atoms with Crippen LogP contribution in [0.15, 0.2) is 47.5 Å². The normalized spacial score (nSPS) is 16.1. The molecule has 2 aromatic rings. The van der Waals surface area contributed by atoms with Crippen LogP contribution in [0.2, 0.25) is 0 Å². The summed E-state index contributed by atoms with van der Waals surface area (Å²) in [5.41, 5.74) is 2.85. The molecule has 1 atom stereocenters. The number of anilines is 1. The molecule has 1 aliphatic heterocycles. The van der Waals surface area contributed by atoms with Crippen molar-refractivity contribution in [3.05, 3.63) is 53.6 Å². The van der Waals surface area contributed by atoms with E-state index in [4.69, 9.17) is 4.74 Å². The number of phenolic OH excluding ortho intramolecular Hbond substituents is 1. The van der Waals surface area contributed by atoms with Gasteiger partial charge in [0, 0.05) is 44.2 Å². The van der Waals surface area contributed by atoms with Gasteiger partial charge in [-0.25, -0.2) is 0 Å². The van der Waals surface area contributed by atoms with Crippen molar-refractivity contribution in [3.8, 4) is 11.5 Å². The number of aliphatic imine (C=N–C) groups is 1. The molecule has 1 aliphatic rings. The lowest BCUT2D eigenvalue weighted by atomic mass is 9.90. The van der Waals surface area contributed by atoms with Gasteiger partial charge < -0.3 is 25.8 Å². The van der Waals surface area contributed by atoms with Crippen molar-refractivity contribution in [1.82, 2.24) is 10.6 Å². The van der Waals surface area contributed by atoms with Crippen LogP contribution in [0.4, 0.5) is 5.69 Å². The molecule has 2 aromatic carbocycles. The van der Waals surface area contributed by atoms with E-state index in [1.165, 1.54) is 0 Å². The van der Waals surface area contributed by atoms with Gasteiger partial charge in [-0.2, -0.15) is 0 Å². The summed E-state index contributed by atoms with van der Waals surface area (Å²) >= 11 is 0. The van der Waals surface area contributed by atoms with Crippen LogP contribution < -0.4 is 20.7 Å².